The monoisotopic (exact) mass is 425 g/mol. The number of aromatic nitrogens is 1. The molecule has 1 aliphatic heterocycles. The van der Waals surface area contributed by atoms with Gasteiger partial charge in [-0.3, -0.25) is 4.90 Å². The molecule has 0 bridgehead atoms. The quantitative estimate of drug-likeness (QED) is 0.522. The minimum atomic E-state index is 0.879. The molecular formula is C18H24IN3O. The molecule has 4 nitrogen and oxygen atoms in total. The van der Waals surface area contributed by atoms with Gasteiger partial charge in [0, 0.05) is 60.5 Å². The van der Waals surface area contributed by atoms with E-state index in [4.69, 9.17) is 4.52 Å². The summed E-state index contributed by atoms with van der Waals surface area (Å²) in [5, 5.41) is 4.05. The maximum Gasteiger partial charge on any atom is 0.196 e. The van der Waals surface area contributed by atoms with E-state index in [1.54, 1.807) is 0 Å². The second-order valence-corrected chi connectivity index (χ2v) is 7.31. The molecular weight excluding hydrogens is 401 g/mol. The van der Waals surface area contributed by atoms with E-state index in [0.717, 1.165) is 42.1 Å². The highest BCUT2D eigenvalue weighted by atomic mass is 127. The number of nitrogens with zero attached hydrogens (tertiary/aromatic N) is 3. The molecule has 1 aliphatic rings. The molecule has 2 aromatic rings. The number of rotatable bonds is 6. The lowest BCUT2D eigenvalue weighted by atomic mass is 10.1. The number of unbranched alkanes of at least 4 members (excludes halogenated alkanes) is 1. The first-order chi connectivity index (χ1) is 11.2. The Bertz CT molecular complexity index is 603. The van der Waals surface area contributed by atoms with Crippen molar-refractivity contribution in [3.8, 4) is 0 Å². The van der Waals surface area contributed by atoms with Gasteiger partial charge in [-0.25, -0.2) is 0 Å². The predicted octanol–water partition coefficient (Wildman–Crippen LogP) is 3.73. The minimum absolute atomic E-state index is 0.879. The van der Waals surface area contributed by atoms with Crippen LogP contribution in [0, 0.1) is 10.7 Å². The lowest BCUT2D eigenvalue weighted by Crippen LogP contribution is -2.46. The highest BCUT2D eigenvalue weighted by Gasteiger charge is 2.16. The Kier molecular flexibility index (Phi) is 5.94. The first-order valence-electron chi connectivity index (χ1n) is 8.36. The van der Waals surface area contributed by atoms with E-state index in [0.29, 0.717) is 0 Å². The molecule has 0 spiro atoms. The predicted molar refractivity (Wildman–Crippen MR) is 102 cm³/mol. The summed E-state index contributed by atoms with van der Waals surface area (Å²) in [4.78, 5) is 5.07. The van der Waals surface area contributed by atoms with Crippen LogP contribution >= 0.6 is 22.6 Å². The van der Waals surface area contributed by atoms with Crippen LogP contribution in [0.25, 0.3) is 0 Å². The van der Waals surface area contributed by atoms with E-state index >= 15 is 0 Å². The van der Waals surface area contributed by atoms with Crippen LogP contribution in [0.4, 0.5) is 5.69 Å². The number of hydrogen-bond acceptors (Lipinski definition) is 4. The summed E-state index contributed by atoms with van der Waals surface area (Å²) < 4.78 is 5.97. The third-order valence-electron chi connectivity index (χ3n) is 4.46. The number of aryl methyl sites for hydroxylation is 2. The van der Waals surface area contributed by atoms with Gasteiger partial charge in [-0.2, -0.15) is 0 Å². The summed E-state index contributed by atoms with van der Waals surface area (Å²) >= 11 is 2.16. The minimum Gasteiger partial charge on any atom is -0.369 e. The lowest BCUT2D eigenvalue weighted by molar-refractivity contribution is 0.252. The van der Waals surface area contributed by atoms with Crippen molar-refractivity contribution in [1.29, 1.82) is 0 Å². The maximum absolute atomic E-state index is 5.09. The van der Waals surface area contributed by atoms with Crippen molar-refractivity contribution in [2.45, 2.75) is 26.2 Å². The standard InChI is InChI=1S/C18H24IN3O/c1-15-5-7-17(8-6-15)22-12-10-21(11-13-22)9-3-2-4-16-14-18(19)23-20-16/h5-8,14H,2-4,9-13H2,1H3. The van der Waals surface area contributed by atoms with E-state index in [-0.39, 0.29) is 0 Å². The van der Waals surface area contributed by atoms with Gasteiger partial charge in [-0.05, 0) is 44.9 Å². The molecule has 0 radical (unpaired) electrons. The summed E-state index contributed by atoms with van der Waals surface area (Å²) in [7, 11) is 0. The topological polar surface area (TPSA) is 32.5 Å². The van der Waals surface area contributed by atoms with Crippen LogP contribution in [0.2, 0.25) is 0 Å². The van der Waals surface area contributed by atoms with E-state index < -0.39 is 0 Å². The van der Waals surface area contributed by atoms with Crippen LogP contribution in [-0.2, 0) is 6.42 Å². The van der Waals surface area contributed by atoms with Gasteiger partial charge in [0.15, 0.2) is 3.77 Å². The van der Waals surface area contributed by atoms with Gasteiger partial charge in [0.25, 0.3) is 0 Å². The van der Waals surface area contributed by atoms with Crippen LogP contribution in [0.15, 0.2) is 34.9 Å². The number of benzene rings is 1. The largest absolute Gasteiger partial charge is 0.369 e. The normalized spacial score (nSPS) is 16.0. The summed E-state index contributed by atoms with van der Waals surface area (Å²) in [6.45, 7) is 7.92. The van der Waals surface area contributed by atoms with Crippen molar-refractivity contribution in [3.05, 3.63) is 45.4 Å². The molecule has 1 aromatic heterocycles. The van der Waals surface area contributed by atoms with Crippen molar-refractivity contribution in [2.75, 3.05) is 37.6 Å². The van der Waals surface area contributed by atoms with E-state index in [2.05, 4.69) is 68.7 Å². The smallest absolute Gasteiger partial charge is 0.196 e. The molecule has 3 rings (SSSR count). The first-order valence-corrected chi connectivity index (χ1v) is 9.44. The molecule has 124 valence electrons. The number of hydrogen-bond donors (Lipinski definition) is 0. The highest BCUT2D eigenvalue weighted by molar-refractivity contribution is 14.1. The Morgan fingerprint density at radius 2 is 1.83 bits per heavy atom. The average Bonchev–Trinajstić information content (AvgIpc) is 2.98. The number of anilines is 1. The van der Waals surface area contributed by atoms with Gasteiger partial charge >= 0.3 is 0 Å². The van der Waals surface area contributed by atoms with E-state index in [1.165, 1.54) is 30.6 Å². The van der Waals surface area contributed by atoms with Gasteiger partial charge in [-0.15, -0.1) is 0 Å². The zero-order valence-corrected chi connectivity index (χ0v) is 15.8. The van der Waals surface area contributed by atoms with Gasteiger partial charge in [-0.1, -0.05) is 22.9 Å². The molecule has 0 atom stereocenters. The van der Waals surface area contributed by atoms with Crippen molar-refractivity contribution < 1.29 is 4.52 Å². The number of piperazine rings is 1. The van der Waals surface area contributed by atoms with E-state index in [1.807, 2.05) is 6.07 Å². The molecule has 1 saturated heterocycles. The lowest BCUT2D eigenvalue weighted by Gasteiger charge is -2.36. The van der Waals surface area contributed by atoms with Crippen molar-refractivity contribution >= 4 is 28.3 Å². The third-order valence-corrected chi connectivity index (χ3v) is 4.97. The van der Waals surface area contributed by atoms with Crippen molar-refractivity contribution in [2.24, 2.45) is 0 Å². The second-order valence-electron chi connectivity index (χ2n) is 6.24. The molecule has 0 aliphatic carbocycles. The Labute approximate surface area is 152 Å². The van der Waals surface area contributed by atoms with E-state index in [9.17, 15) is 0 Å². The third kappa shape index (κ3) is 4.94. The molecule has 2 heterocycles. The fourth-order valence-electron chi connectivity index (χ4n) is 3.03. The molecule has 1 aromatic carbocycles. The number of halogens is 1. The van der Waals surface area contributed by atoms with Crippen LogP contribution in [0.1, 0.15) is 24.1 Å². The summed E-state index contributed by atoms with van der Waals surface area (Å²) in [5.74, 6) is 0. The Morgan fingerprint density at radius 3 is 2.48 bits per heavy atom. The average molecular weight is 425 g/mol. The van der Waals surface area contributed by atoms with Crippen molar-refractivity contribution in [3.63, 3.8) is 0 Å². The molecule has 0 unspecified atom stereocenters. The molecule has 0 saturated carbocycles. The second kappa shape index (κ2) is 8.15. The molecule has 0 N–H and O–H groups in total. The van der Waals surface area contributed by atoms with Crippen LogP contribution in [-0.4, -0.2) is 42.8 Å². The van der Waals surface area contributed by atoms with Crippen molar-refractivity contribution in [1.82, 2.24) is 10.1 Å². The van der Waals surface area contributed by atoms with Gasteiger partial charge in [0.1, 0.15) is 0 Å². The Morgan fingerprint density at radius 1 is 1.09 bits per heavy atom. The molecule has 5 heteroatoms. The Hall–Kier alpha value is -1.08. The maximum atomic E-state index is 5.09. The van der Waals surface area contributed by atoms with Crippen LogP contribution in [0.5, 0.6) is 0 Å². The molecule has 1 fully saturated rings. The summed E-state index contributed by atoms with van der Waals surface area (Å²) in [5.41, 5.74) is 3.77. The zero-order chi connectivity index (χ0) is 16.1. The fourth-order valence-corrected chi connectivity index (χ4v) is 3.49. The molecule has 0 amide bonds. The summed E-state index contributed by atoms with van der Waals surface area (Å²) in [6, 6.07) is 10.9. The summed E-state index contributed by atoms with van der Waals surface area (Å²) in [6.07, 6.45) is 3.44. The van der Waals surface area contributed by atoms with Gasteiger partial charge in [0.05, 0.1) is 5.69 Å². The van der Waals surface area contributed by atoms with Gasteiger partial charge in [0.2, 0.25) is 0 Å². The first kappa shape index (κ1) is 16.8. The molecule has 23 heavy (non-hydrogen) atoms. The fraction of sp³-hybridized carbons (Fsp3) is 0.500. The SMILES string of the molecule is Cc1ccc(N2CCN(CCCCc3cc(I)on3)CC2)cc1. The Balaban J connectivity index is 1.35. The van der Waals surface area contributed by atoms with Crippen LogP contribution in [0.3, 0.4) is 0 Å². The highest BCUT2D eigenvalue weighted by Crippen LogP contribution is 2.17. The van der Waals surface area contributed by atoms with Crippen LogP contribution < -0.4 is 4.90 Å². The zero-order valence-electron chi connectivity index (χ0n) is 13.7. The van der Waals surface area contributed by atoms with Gasteiger partial charge < -0.3 is 9.42 Å².